The van der Waals surface area contributed by atoms with Gasteiger partial charge in [-0.25, -0.2) is 5.84 Å². The van der Waals surface area contributed by atoms with Crippen LogP contribution in [0.25, 0.3) is 0 Å². The number of hydrogen-bond acceptors (Lipinski definition) is 2. The zero-order chi connectivity index (χ0) is 10.4. The minimum Gasteiger partial charge on any atom is -0.339 e. The van der Waals surface area contributed by atoms with E-state index < -0.39 is 0 Å². The Morgan fingerprint density at radius 2 is 2.36 bits per heavy atom. The first-order valence-electron chi connectivity index (χ1n) is 5.57. The zero-order valence-electron chi connectivity index (χ0n) is 9.29. The molecular weight excluding hydrogens is 176 g/mol. The number of hydrogen-bond donors (Lipinski definition) is 2. The smallest absolute Gasteiger partial charge is 0.208 e. The highest BCUT2D eigenvalue weighted by Gasteiger charge is 2.20. The molecule has 0 spiro atoms. The van der Waals surface area contributed by atoms with E-state index >= 15 is 0 Å². The van der Waals surface area contributed by atoms with E-state index in [4.69, 9.17) is 5.84 Å². The summed E-state index contributed by atoms with van der Waals surface area (Å²) in [6.07, 6.45) is 4.88. The first kappa shape index (κ1) is 11.3. The molecule has 4 nitrogen and oxygen atoms in total. The lowest BCUT2D eigenvalue weighted by atomic mass is 10.0. The van der Waals surface area contributed by atoms with Gasteiger partial charge in [-0.15, -0.1) is 0 Å². The van der Waals surface area contributed by atoms with E-state index in [0.717, 1.165) is 25.5 Å². The second-order valence-electron chi connectivity index (χ2n) is 3.89. The Bertz CT molecular complexity index is 191. The molecule has 0 aromatic carbocycles. The van der Waals surface area contributed by atoms with Gasteiger partial charge in [-0.2, -0.15) is 0 Å². The van der Waals surface area contributed by atoms with E-state index in [9.17, 15) is 0 Å². The fraction of sp³-hybridized carbons (Fsp3) is 0.900. The molecule has 1 atom stereocenters. The molecule has 0 amide bonds. The maximum atomic E-state index is 5.48. The van der Waals surface area contributed by atoms with E-state index in [1.165, 1.54) is 19.3 Å². The summed E-state index contributed by atoms with van der Waals surface area (Å²) in [6.45, 7) is 6.28. The molecule has 82 valence electrons. The molecule has 0 aromatic rings. The second-order valence-corrected chi connectivity index (χ2v) is 3.89. The van der Waals surface area contributed by atoms with Crippen molar-refractivity contribution in [2.45, 2.75) is 45.6 Å². The van der Waals surface area contributed by atoms with Gasteiger partial charge in [0.15, 0.2) is 0 Å². The van der Waals surface area contributed by atoms with Crippen molar-refractivity contribution in [1.82, 2.24) is 10.3 Å². The van der Waals surface area contributed by atoms with E-state index in [1.807, 2.05) is 0 Å². The first-order valence-corrected chi connectivity index (χ1v) is 5.57. The van der Waals surface area contributed by atoms with Gasteiger partial charge >= 0.3 is 0 Å². The quantitative estimate of drug-likeness (QED) is 0.302. The van der Waals surface area contributed by atoms with Crippen molar-refractivity contribution in [3.63, 3.8) is 0 Å². The maximum absolute atomic E-state index is 5.48. The standard InChI is InChI=1S/C10H22N4/c1-3-7-12-10(13-11)14-8-5-4-6-9(14)2/h9H,3-8,11H2,1-2H3,(H,12,13). The summed E-state index contributed by atoms with van der Waals surface area (Å²) in [4.78, 5) is 6.72. The lowest BCUT2D eigenvalue weighted by Gasteiger charge is -2.35. The van der Waals surface area contributed by atoms with Gasteiger partial charge in [0.2, 0.25) is 5.96 Å². The SMILES string of the molecule is CCCN=C(NN)N1CCCCC1C. The number of piperidine rings is 1. The molecule has 1 fully saturated rings. The third kappa shape index (κ3) is 2.87. The number of rotatable bonds is 2. The molecule has 1 rings (SSSR count). The highest BCUT2D eigenvalue weighted by molar-refractivity contribution is 5.79. The van der Waals surface area contributed by atoms with Gasteiger partial charge in [0.1, 0.15) is 0 Å². The molecule has 14 heavy (non-hydrogen) atoms. The largest absolute Gasteiger partial charge is 0.339 e. The Hall–Kier alpha value is -0.770. The van der Waals surface area contributed by atoms with Crippen LogP contribution in [-0.2, 0) is 0 Å². The zero-order valence-corrected chi connectivity index (χ0v) is 9.29. The van der Waals surface area contributed by atoms with Crippen LogP contribution in [0.2, 0.25) is 0 Å². The number of nitrogens with zero attached hydrogens (tertiary/aromatic N) is 2. The second kappa shape index (κ2) is 5.86. The molecule has 0 aliphatic carbocycles. The van der Waals surface area contributed by atoms with Crippen LogP contribution < -0.4 is 11.3 Å². The van der Waals surface area contributed by atoms with Crippen LogP contribution in [-0.4, -0.2) is 30.0 Å². The van der Waals surface area contributed by atoms with Gasteiger partial charge in [0, 0.05) is 19.1 Å². The lowest BCUT2D eigenvalue weighted by Crippen LogP contribution is -2.50. The highest BCUT2D eigenvalue weighted by Crippen LogP contribution is 2.15. The number of hydrazine groups is 1. The minimum atomic E-state index is 0.565. The van der Waals surface area contributed by atoms with Crippen molar-refractivity contribution >= 4 is 5.96 Å². The van der Waals surface area contributed by atoms with E-state index in [0.29, 0.717) is 6.04 Å². The van der Waals surface area contributed by atoms with Gasteiger partial charge in [-0.1, -0.05) is 6.92 Å². The van der Waals surface area contributed by atoms with Crippen molar-refractivity contribution in [3.8, 4) is 0 Å². The summed E-state index contributed by atoms with van der Waals surface area (Å²) < 4.78 is 0. The van der Waals surface area contributed by atoms with Gasteiger partial charge in [0.25, 0.3) is 0 Å². The number of likely N-dealkylation sites (tertiary alicyclic amines) is 1. The van der Waals surface area contributed by atoms with Crippen molar-refractivity contribution < 1.29 is 0 Å². The van der Waals surface area contributed by atoms with Crippen molar-refractivity contribution in [2.24, 2.45) is 10.8 Å². The van der Waals surface area contributed by atoms with E-state index in [2.05, 4.69) is 29.2 Å². The summed E-state index contributed by atoms with van der Waals surface area (Å²) in [5, 5.41) is 0. The van der Waals surface area contributed by atoms with E-state index in [1.54, 1.807) is 0 Å². The predicted molar refractivity (Wildman–Crippen MR) is 59.9 cm³/mol. The Morgan fingerprint density at radius 3 is 2.93 bits per heavy atom. The number of aliphatic imine (C=N–C) groups is 1. The maximum Gasteiger partial charge on any atom is 0.208 e. The summed E-state index contributed by atoms with van der Waals surface area (Å²) >= 11 is 0. The molecule has 1 aliphatic heterocycles. The fourth-order valence-electron chi connectivity index (χ4n) is 1.85. The number of nitrogens with one attached hydrogen (secondary N) is 1. The van der Waals surface area contributed by atoms with Crippen LogP contribution in [0.4, 0.5) is 0 Å². The third-order valence-corrected chi connectivity index (χ3v) is 2.69. The number of nitrogens with two attached hydrogens (primary N) is 1. The summed E-state index contributed by atoms with van der Waals surface area (Å²) in [6, 6.07) is 0.565. The van der Waals surface area contributed by atoms with Gasteiger partial charge in [-0.3, -0.25) is 10.4 Å². The Balaban J connectivity index is 2.57. The molecule has 0 bridgehead atoms. The van der Waals surface area contributed by atoms with Crippen molar-refractivity contribution in [2.75, 3.05) is 13.1 Å². The normalized spacial score (nSPS) is 23.8. The molecule has 1 heterocycles. The number of guanidine groups is 1. The fourth-order valence-corrected chi connectivity index (χ4v) is 1.85. The molecule has 3 N–H and O–H groups in total. The molecule has 0 aromatic heterocycles. The Morgan fingerprint density at radius 1 is 1.57 bits per heavy atom. The van der Waals surface area contributed by atoms with Crippen molar-refractivity contribution in [3.05, 3.63) is 0 Å². The van der Waals surface area contributed by atoms with Crippen LogP contribution in [0.1, 0.15) is 39.5 Å². The Labute approximate surface area is 86.5 Å². The first-order chi connectivity index (χ1) is 6.79. The average molecular weight is 198 g/mol. The van der Waals surface area contributed by atoms with Crippen LogP contribution in [0, 0.1) is 0 Å². The summed E-state index contributed by atoms with van der Waals surface area (Å²) in [5.41, 5.74) is 2.71. The van der Waals surface area contributed by atoms with Crippen LogP contribution in [0.15, 0.2) is 4.99 Å². The molecule has 4 heteroatoms. The van der Waals surface area contributed by atoms with E-state index in [-0.39, 0.29) is 0 Å². The molecular formula is C10H22N4. The molecule has 1 aliphatic rings. The highest BCUT2D eigenvalue weighted by atomic mass is 15.4. The molecule has 1 saturated heterocycles. The van der Waals surface area contributed by atoms with Gasteiger partial charge in [0.05, 0.1) is 0 Å². The van der Waals surface area contributed by atoms with Gasteiger partial charge in [-0.05, 0) is 32.6 Å². The topological polar surface area (TPSA) is 53.6 Å². The van der Waals surface area contributed by atoms with Crippen LogP contribution >= 0.6 is 0 Å². The summed E-state index contributed by atoms with van der Waals surface area (Å²) in [7, 11) is 0. The summed E-state index contributed by atoms with van der Waals surface area (Å²) in [5.74, 6) is 6.34. The molecule has 0 radical (unpaired) electrons. The van der Waals surface area contributed by atoms with Crippen molar-refractivity contribution in [1.29, 1.82) is 0 Å². The monoisotopic (exact) mass is 198 g/mol. The van der Waals surface area contributed by atoms with Gasteiger partial charge < -0.3 is 4.90 Å². The predicted octanol–water partition coefficient (Wildman–Crippen LogP) is 1.09. The average Bonchev–Trinajstić information content (AvgIpc) is 2.21. The van der Waals surface area contributed by atoms with Crippen LogP contribution in [0.3, 0.4) is 0 Å². The lowest BCUT2D eigenvalue weighted by molar-refractivity contribution is 0.250. The molecule has 1 unspecified atom stereocenters. The third-order valence-electron chi connectivity index (χ3n) is 2.69. The van der Waals surface area contributed by atoms with Crippen LogP contribution in [0.5, 0.6) is 0 Å². The minimum absolute atomic E-state index is 0.565. The molecule has 0 saturated carbocycles. The Kier molecular flexibility index (Phi) is 4.73.